The molecule has 2 heterocycles. The summed E-state index contributed by atoms with van der Waals surface area (Å²) < 4.78 is 3.30. The zero-order valence-corrected chi connectivity index (χ0v) is 10.8. The molecule has 2 aromatic heterocycles. The van der Waals surface area contributed by atoms with Crippen molar-refractivity contribution in [3.05, 3.63) is 54.5 Å². The first-order valence-electron chi connectivity index (χ1n) is 6.03. The minimum atomic E-state index is -1.04. The molecule has 100 valence electrons. The number of benzene rings is 1. The fourth-order valence-electron chi connectivity index (χ4n) is 2.13. The highest BCUT2D eigenvalue weighted by molar-refractivity contribution is 5.87. The maximum absolute atomic E-state index is 11.0. The Labute approximate surface area is 114 Å². The van der Waals surface area contributed by atoms with E-state index in [1.807, 2.05) is 36.5 Å². The third-order valence-electron chi connectivity index (χ3n) is 3.03. The summed E-state index contributed by atoms with van der Waals surface area (Å²) in [4.78, 5) is 11.0. The van der Waals surface area contributed by atoms with E-state index >= 15 is 0 Å². The van der Waals surface area contributed by atoms with Gasteiger partial charge in [-0.15, -0.1) is 0 Å². The van der Waals surface area contributed by atoms with Crippen LogP contribution in [0.4, 0.5) is 0 Å². The van der Waals surface area contributed by atoms with E-state index in [1.54, 1.807) is 28.7 Å². The van der Waals surface area contributed by atoms with Gasteiger partial charge in [0.2, 0.25) is 0 Å². The average Bonchev–Trinajstić information content (AvgIpc) is 3.08. The Hall–Kier alpha value is -2.89. The number of carbonyl (C=O) groups is 1. The van der Waals surface area contributed by atoms with Gasteiger partial charge < -0.3 is 5.11 Å². The van der Waals surface area contributed by atoms with Crippen molar-refractivity contribution in [2.24, 2.45) is 7.05 Å². The van der Waals surface area contributed by atoms with Crippen molar-refractivity contribution >= 4 is 5.97 Å². The topological polar surface area (TPSA) is 72.9 Å². The summed E-state index contributed by atoms with van der Waals surface area (Å²) in [5.41, 5.74) is 2.50. The van der Waals surface area contributed by atoms with Crippen molar-refractivity contribution in [3.8, 4) is 16.9 Å². The van der Waals surface area contributed by atoms with Gasteiger partial charge in [0.05, 0.1) is 11.4 Å². The number of aromatic carboxylic acids is 1. The number of aromatic nitrogens is 4. The zero-order valence-electron chi connectivity index (χ0n) is 10.8. The lowest BCUT2D eigenvalue weighted by Gasteiger charge is -2.09. The van der Waals surface area contributed by atoms with E-state index in [0.29, 0.717) is 0 Å². The highest BCUT2D eigenvalue weighted by Gasteiger charge is 2.15. The molecule has 0 fully saturated rings. The molecule has 0 saturated carbocycles. The molecular weight excluding hydrogens is 256 g/mol. The van der Waals surface area contributed by atoms with Crippen molar-refractivity contribution in [1.82, 2.24) is 19.6 Å². The number of aryl methyl sites for hydroxylation is 1. The second-order valence-corrected chi connectivity index (χ2v) is 4.31. The van der Waals surface area contributed by atoms with Crippen molar-refractivity contribution in [3.63, 3.8) is 0 Å². The van der Waals surface area contributed by atoms with E-state index in [0.717, 1.165) is 16.9 Å². The molecule has 0 spiro atoms. The Morgan fingerprint density at radius 1 is 1.25 bits per heavy atom. The minimum Gasteiger partial charge on any atom is -0.476 e. The summed E-state index contributed by atoms with van der Waals surface area (Å²) in [6.07, 6.45) is 3.54. The van der Waals surface area contributed by atoms with Crippen LogP contribution in [0.1, 0.15) is 10.5 Å². The Balaban J connectivity index is 2.18. The molecule has 1 aromatic carbocycles. The van der Waals surface area contributed by atoms with Crippen molar-refractivity contribution in [2.45, 2.75) is 0 Å². The molecule has 0 atom stereocenters. The van der Waals surface area contributed by atoms with Crippen molar-refractivity contribution in [2.75, 3.05) is 0 Å². The molecule has 0 aliphatic heterocycles. The van der Waals surface area contributed by atoms with E-state index in [4.69, 9.17) is 5.11 Å². The number of para-hydroxylation sites is 1. The molecule has 0 aliphatic rings. The van der Waals surface area contributed by atoms with Gasteiger partial charge >= 0.3 is 5.97 Å². The number of carboxylic acids is 1. The molecule has 0 saturated heterocycles. The Kier molecular flexibility index (Phi) is 2.83. The summed E-state index contributed by atoms with van der Waals surface area (Å²) in [6, 6.07) is 11.0. The van der Waals surface area contributed by atoms with Crippen LogP contribution in [0, 0.1) is 0 Å². The summed E-state index contributed by atoms with van der Waals surface area (Å²) in [6.45, 7) is 0. The van der Waals surface area contributed by atoms with Crippen LogP contribution in [0.3, 0.4) is 0 Å². The molecule has 6 nitrogen and oxygen atoms in total. The van der Waals surface area contributed by atoms with Crippen LogP contribution in [0.25, 0.3) is 16.9 Å². The monoisotopic (exact) mass is 268 g/mol. The smallest absolute Gasteiger partial charge is 0.356 e. The number of hydrogen-bond acceptors (Lipinski definition) is 3. The quantitative estimate of drug-likeness (QED) is 0.788. The first kappa shape index (κ1) is 12.2. The van der Waals surface area contributed by atoms with E-state index < -0.39 is 5.97 Å². The van der Waals surface area contributed by atoms with Gasteiger partial charge in [-0.25, -0.2) is 9.48 Å². The van der Waals surface area contributed by atoms with Crippen LogP contribution in [0.5, 0.6) is 0 Å². The summed E-state index contributed by atoms with van der Waals surface area (Å²) >= 11 is 0. The molecule has 0 aliphatic carbocycles. The largest absolute Gasteiger partial charge is 0.476 e. The minimum absolute atomic E-state index is 0.0257. The average molecular weight is 268 g/mol. The fraction of sp³-hybridized carbons (Fsp3) is 0.0714. The Bertz CT molecular complexity index is 759. The molecule has 0 bridgehead atoms. The molecule has 0 radical (unpaired) electrons. The van der Waals surface area contributed by atoms with Gasteiger partial charge in [-0.05, 0) is 18.2 Å². The van der Waals surface area contributed by atoms with Gasteiger partial charge in [0.15, 0.2) is 5.69 Å². The van der Waals surface area contributed by atoms with E-state index in [1.165, 1.54) is 0 Å². The van der Waals surface area contributed by atoms with E-state index in [2.05, 4.69) is 10.2 Å². The van der Waals surface area contributed by atoms with Crippen LogP contribution in [-0.4, -0.2) is 30.6 Å². The van der Waals surface area contributed by atoms with E-state index in [-0.39, 0.29) is 5.69 Å². The van der Waals surface area contributed by atoms with E-state index in [9.17, 15) is 4.79 Å². The number of rotatable bonds is 3. The fourth-order valence-corrected chi connectivity index (χ4v) is 2.13. The third kappa shape index (κ3) is 1.97. The van der Waals surface area contributed by atoms with Gasteiger partial charge in [-0.3, -0.25) is 4.68 Å². The van der Waals surface area contributed by atoms with Crippen LogP contribution < -0.4 is 0 Å². The van der Waals surface area contributed by atoms with Gasteiger partial charge in [0, 0.05) is 25.0 Å². The molecule has 3 aromatic rings. The molecule has 20 heavy (non-hydrogen) atoms. The van der Waals surface area contributed by atoms with Crippen LogP contribution >= 0.6 is 0 Å². The normalized spacial score (nSPS) is 10.7. The van der Waals surface area contributed by atoms with Crippen LogP contribution in [-0.2, 0) is 7.05 Å². The molecule has 6 heteroatoms. The summed E-state index contributed by atoms with van der Waals surface area (Å²) in [5, 5.41) is 17.2. The van der Waals surface area contributed by atoms with Gasteiger partial charge in [0.25, 0.3) is 0 Å². The van der Waals surface area contributed by atoms with Crippen molar-refractivity contribution < 1.29 is 9.90 Å². The molecular formula is C14H12N4O2. The second-order valence-electron chi connectivity index (χ2n) is 4.31. The molecule has 1 N–H and O–H groups in total. The standard InChI is InChI=1S/C14H12N4O2/c1-17-13(9-11(16-17)14(19)20)10-5-2-3-6-12(10)18-8-4-7-15-18/h2-9H,1H3,(H,19,20). The Morgan fingerprint density at radius 2 is 2.05 bits per heavy atom. The van der Waals surface area contributed by atoms with Crippen LogP contribution in [0.2, 0.25) is 0 Å². The summed E-state index contributed by atoms with van der Waals surface area (Å²) in [7, 11) is 1.72. The SMILES string of the molecule is Cn1nc(C(=O)O)cc1-c1ccccc1-n1cccn1. The number of carboxylic acid groups (broad SMARTS) is 1. The lowest BCUT2D eigenvalue weighted by Crippen LogP contribution is -2.01. The lowest BCUT2D eigenvalue weighted by atomic mass is 10.1. The second kappa shape index (κ2) is 4.65. The van der Waals surface area contributed by atoms with Gasteiger partial charge in [-0.1, -0.05) is 18.2 Å². The Morgan fingerprint density at radius 3 is 2.70 bits per heavy atom. The first-order chi connectivity index (χ1) is 9.66. The first-order valence-corrected chi connectivity index (χ1v) is 6.03. The van der Waals surface area contributed by atoms with Gasteiger partial charge in [-0.2, -0.15) is 10.2 Å². The predicted octanol–water partition coefficient (Wildman–Crippen LogP) is 1.97. The predicted molar refractivity (Wildman–Crippen MR) is 72.7 cm³/mol. The molecule has 3 rings (SSSR count). The maximum Gasteiger partial charge on any atom is 0.356 e. The number of nitrogens with zero attached hydrogens (tertiary/aromatic N) is 4. The van der Waals surface area contributed by atoms with Crippen molar-refractivity contribution in [1.29, 1.82) is 0 Å². The number of hydrogen-bond donors (Lipinski definition) is 1. The highest BCUT2D eigenvalue weighted by atomic mass is 16.4. The lowest BCUT2D eigenvalue weighted by molar-refractivity contribution is 0.0689. The third-order valence-corrected chi connectivity index (χ3v) is 3.03. The van der Waals surface area contributed by atoms with Gasteiger partial charge in [0.1, 0.15) is 0 Å². The zero-order chi connectivity index (χ0) is 14.1. The molecule has 0 unspecified atom stereocenters. The summed E-state index contributed by atoms with van der Waals surface area (Å²) in [5.74, 6) is -1.04. The maximum atomic E-state index is 11.0. The highest BCUT2D eigenvalue weighted by Crippen LogP contribution is 2.26. The van der Waals surface area contributed by atoms with Crippen LogP contribution in [0.15, 0.2) is 48.8 Å². The molecule has 0 amide bonds.